The molecule has 1 fully saturated rings. The molecule has 1 saturated heterocycles. The average Bonchev–Trinajstić information content (AvgIpc) is 2.54. The Morgan fingerprint density at radius 3 is 2.21 bits per heavy atom. The lowest BCUT2D eigenvalue weighted by molar-refractivity contribution is -0.122. The van der Waals surface area contributed by atoms with Gasteiger partial charge in [-0.25, -0.2) is 9.69 Å². The Labute approximate surface area is 114 Å². The fourth-order valence-electron chi connectivity index (χ4n) is 2.06. The van der Waals surface area contributed by atoms with E-state index in [2.05, 4.69) is 0 Å². The Bertz CT molecular complexity index is 564. The molecule has 100 valence electrons. The lowest BCUT2D eigenvalue weighted by atomic mass is 10.00. The number of carboxylic acid groups (broad SMARTS) is 1. The highest BCUT2D eigenvalue weighted by atomic mass is 35.5. The molecule has 0 spiro atoms. The third-order valence-corrected chi connectivity index (χ3v) is 3.63. The number of rotatable bonds is 2. The Balaban J connectivity index is 2.57. The van der Waals surface area contributed by atoms with E-state index in [0.29, 0.717) is 0 Å². The summed E-state index contributed by atoms with van der Waals surface area (Å²) in [5.41, 5.74) is -0.0846. The van der Waals surface area contributed by atoms with Crippen LogP contribution in [0.4, 0.5) is 5.69 Å². The molecule has 1 aromatic rings. The zero-order chi connectivity index (χ0) is 14.3. The number of halogens is 1. The first kappa shape index (κ1) is 13.5. The number of hydrogen-bond acceptors (Lipinski definition) is 3. The topological polar surface area (TPSA) is 74.7 Å². The maximum atomic E-state index is 12.1. The molecule has 1 aliphatic heterocycles. The molecule has 2 unspecified atom stereocenters. The summed E-state index contributed by atoms with van der Waals surface area (Å²) in [5, 5.41) is 9.38. The van der Waals surface area contributed by atoms with Gasteiger partial charge in [-0.2, -0.15) is 0 Å². The third kappa shape index (κ3) is 2.10. The first-order valence-electron chi connectivity index (χ1n) is 5.75. The standard InChI is InChI=1S/C13H12ClNO4/c1-6-7(2)12(17)15(11(6)16)10-4-3-8(14)5-9(10)13(18)19/h3-7H,1-2H3,(H,18,19). The smallest absolute Gasteiger partial charge is 0.337 e. The van der Waals surface area contributed by atoms with Gasteiger partial charge < -0.3 is 5.11 Å². The minimum absolute atomic E-state index is 0.0723. The highest BCUT2D eigenvalue weighted by Gasteiger charge is 2.44. The SMILES string of the molecule is CC1C(=O)N(c2ccc(Cl)cc2C(=O)O)C(=O)C1C. The van der Waals surface area contributed by atoms with Gasteiger partial charge in [-0.15, -0.1) is 0 Å². The highest BCUT2D eigenvalue weighted by molar-refractivity contribution is 6.31. The number of hydrogen-bond donors (Lipinski definition) is 1. The molecule has 1 aromatic carbocycles. The molecule has 1 heterocycles. The van der Waals surface area contributed by atoms with Crippen molar-refractivity contribution in [2.75, 3.05) is 4.90 Å². The van der Waals surface area contributed by atoms with Crippen LogP contribution in [0.1, 0.15) is 24.2 Å². The van der Waals surface area contributed by atoms with E-state index in [-0.39, 0.29) is 28.1 Å². The molecule has 0 bridgehead atoms. The van der Waals surface area contributed by atoms with Crippen LogP contribution in [0.15, 0.2) is 18.2 Å². The normalized spacial score (nSPS) is 23.0. The summed E-state index contributed by atoms with van der Waals surface area (Å²) in [4.78, 5) is 36.3. The molecule has 19 heavy (non-hydrogen) atoms. The van der Waals surface area contributed by atoms with Gasteiger partial charge in [0.05, 0.1) is 11.3 Å². The van der Waals surface area contributed by atoms with Gasteiger partial charge in [0, 0.05) is 16.9 Å². The summed E-state index contributed by atoms with van der Waals surface area (Å²) in [6.45, 7) is 3.31. The second kappa shape index (κ2) is 4.66. The lowest BCUT2D eigenvalue weighted by Gasteiger charge is -2.17. The third-order valence-electron chi connectivity index (χ3n) is 3.40. The summed E-state index contributed by atoms with van der Waals surface area (Å²) in [6.07, 6.45) is 0. The van der Waals surface area contributed by atoms with Crippen LogP contribution in [0.3, 0.4) is 0 Å². The Kier molecular flexibility index (Phi) is 3.32. The van der Waals surface area contributed by atoms with Crippen molar-refractivity contribution < 1.29 is 19.5 Å². The average molecular weight is 282 g/mol. The lowest BCUT2D eigenvalue weighted by Crippen LogP contribution is -2.32. The van der Waals surface area contributed by atoms with E-state index >= 15 is 0 Å². The van der Waals surface area contributed by atoms with E-state index in [1.165, 1.54) is 18.2 Å². The number of carbonyl (C=O) groups is 3. The monoisotopic (exact) mass is 281 g/mol. The summed E-state index contributed by atoms with van der Waals surface area (Å²) < 4.78 is 0. The number of carboxylic acids is 1. The molecule has 2 rings (SSSR count). The Morgan fingerprint density at radius 1 is 1.21 bits per heavy atom. The van der Waals surface area contributed by atoms with Gasteiger partial charge in [0.15, 0.2) is 0 Å². The van der Waals surface area contributed by atoms with Crippen molar-refractivity contribution in [1.29, 1.82) is 0 Å². The van der Waals surface area contributed by atoms with Crippen LogP contribution in [0.5, 0.6) is 0 Å². The summed E-state index contributed by atoms with van der Waals surface area (Å²) in [5.74, 6) is -2.91. The van der Waals surface area contributed by atoms with Crippen molar-refractivity contribution in [1.82, 2.24) is 0 Å². The summed E-state index contributed by atoms with van der Waals surface area (Å²) in [7, 11) is 0. The number of imide groups is 1. The predicted molar refractivity (Wildman–Crippen MR) is 69.2 cm³/mol. The van der Waals surface area contributed by atoms with Crippen LogP contribution in [-0.2, 0) is 9.59 Å². The van der Waals surface area contributed by atoms with Gasteiger partial charge >= 0.3 is 5.97 Å². The molecule has 0 aromatic heterocycles. The molecule has 1 aliphatic rings. The zero-order valence-corrected chi connectivity index (χ0v) is 11.1. The van der Waals surface area contributed by atoms with E-state index in [4.69, 9.17) is 16.7 Å². The van der Waals surface area contributed by atoms with Gasteiger partial charge in [0.1, 0.15) is 0 Å². The maximum absolute atomic E-state index is 12.1. The number of nitrogens with zero attached hydrogens (tertiary/aromatic N) is 1. The summed E-state index contributed by atoms with van der Waals surface area (Å²) >= 11 is 5.75. The number of anilines is 1. The molecular formula is C13H12ClNO4. The zero-order valence-electron chi connectivity index (χ0n) is 10.4. The number of carbonyl (C=O) groups excluding carboxylic acids is 2. The van der Waals surface area contributed by atoms with Gasteiger partial charge in [-0.3, -0.25) is 9.59 Å². The van der Waals surface area contributed by atoms with E-state index in [1.807, 2.05) is 0 Å². The maximum Gasteiger partial charge on any atom is 0.337 e. The van der Waals surface area contributed by atoms with Crippen LogP contribution < -0.4 is 4.90 Å². The first-order valence-corrected chi connectivity index (χ1v) is 6.13. The molecular weight excluding hydrogens is 270 g/mol. The van der Waals surface area contributed by atoms with Crippen LogP contribution >= 0.6 is 11.6 Å². The van der Waals surface area contributed by atoms with Crippen molar-refractivity contribution in [3.05, 3.63) is 28.8 Å². The molecule has 5 nitrogen and oxygen atoms in total. The van der Waals surface area contributed by atoms with Crippen LogP contribution in [-0.4, -0.2) is 22.9 Å². The van der Waals surface area contributed by atoms with Gasteiger partial charge in [0.2, 0.25) is 11.8 Å². The molecule has 0 radical (unpaired) electrons. The Hall–Kier alpha value is -1.88. The molecule has 0 saturated carbocycles. The molecule has 0 aliphatic carbocycles. The number of benzene rings is 1. The number of aromatic carboxylic acids is 1. The predicted octanol–water partition coefficient (Wildman–Crippen LogP) is 2.18. The van der Waals surface area contributed by atoms with Crippen LogP contribution in [0.2, 0.25) is 5.02 Å². The van der Waals surface area contributed by atoms with Crippen molar-refractivity contribution >= 4 is 35.1 Å². The second-order valence-corrected chi connectivity index (χ2v) is 4.99. The fraction of sp³-hybridized carbons (Fsp3) is 0.308. The summed E-state index contributed by atoms with van der Waals surface area (Å²) in [6, 6.07) is 4.07. The molecule has 1 N–H and O–H groups in total. The van der Waals surface area contributed by atoms with Crippen molar-refractivity contribution in [2.24, 2.45) is 11.8 Å². The van der Waals surface area contributed by atoms with Crippen molar-refractivity contribution in [3.63, 3.8) is 0 Å². The minimum atomic E-state index is -1.23. The van der Waals surface area contributed by atoms with E-state index < -0.39 is 17.8 Å². The number of amides is 2. The van der Waals surface area contributed by atoms with E-state index in [1.54, 1.807) is 13.8 Å². The van der Waals surface area contributed by atoms with Crippen molar-refractivity contribution in [2.45, 2.75) is 13.8 Å². The fourth-order valence-corrected chi connectivity index (χ4v) is 2.23. The molecule has 2 atom stereocenters. The molecule has 6 heteroatoms. The first-order chi connectivity index (χ1) is 8.84. The van der Waals surface area contributed by atoms with Gasteiger partial charge in [0.25, 0.3) is 0 Å². The van der Waals surface area contributed by atoms with Crippen LogP contribution in [0.25, 0.3) is 0 Å². The Morgan fingerprint density at radius 2 is 1.74 bits per heavy atom. The quantitative estimate of drug-likeness (QED) is 0.843. The van der Waals surface area contributed by atoms with E-state index in [0.717, 1.165) is 4.90 Å². The van der Waals surface area contributed by atoms with E-state index in [9.17, 15) is 14.4 Å². The van der Waals surface area contributed by atoms with Gasteiger partial charge in [-0.1, -0.05) is 25.4 Å². The van der Waals surface area contributed by atoms with Crippen LogP contribution in [0, 0.1) is 11.8 Å². The molecule has 2 amide bonds. The second-order valence-electron chi connectivity index (χ2n) is 4.56. The van der Waals surface area contributed by atoms with Gasteiger partial charge in [-0.05, 0) is 18.2 Å². The highest BCUT2D eigenvalue weighted by Crippen LogP contribution is 2.33. The van der Waals surface area contributed by atoms with Crippen molar-refractivity contribution in [3.8, 4) is 0 Å². The largest absolute Gasteiger partial charge is 0.478 e. The minimum Gasteiger partial charge on any atom is -0.478 e.